The van der Waals surface area contributed by atoms with Crippen LogP contribution in [0.2, 0.25) is 0 Å². The van der Waals surface area contributed by atoms with Crippen LogP contribution in [0.1, 0.15) is 43.0 Å². The molecule has 0 atom stereocenters. The second kappa shape index (κ2) is 6.37. The highest BCUT2D eigenvalue weighted by molar-refractivity contribution is 5.82. The lowest BCUT2D eigenvalue weighted by Crippen LogP contribution is -2.10. The van der Waals surface area contributed by atoms with E-state index in [0.29, 0.717) is 0 Å². The number of benzene rings is 2. The van der Waals surface area contributed by atoms with E-state index < -0.39 is 0 Å². The summed E-state index contributed by atoms with van der Waals surface area (Å²) in [6.45, 7) is 8.53. The number of hydrogen-bond donors (Lipinski definition) is 2. The lowest BCUT2D eigenvalue weighted by atomic mass is 9.85. The maximum absolute atomic E-state index is 9.76. The molecule has 2 rings (SSSR count). The summed E-state index contributed by atoms with van der Waals surface area (Å²) >= 11 is 0. The van der Waals surface area contributed by atoms with Crippen LogP contribution < -0.4 is 0 Å². The topological polar surface area (TPSA) is 40.5 Å². The molecule has 2 aromatic carbocycles. The van der Waals surface area contributed by atoms with Gasteiger partial charge in [-0.2, -0.15) is 0 Å². The SMILES string of the molecule is Cc1ccc(O)cc1/C(=C\CO)c1ccc(C(C)(C)C)cc1. The fourth-order valence-electron chi connectivity index (χ4n) is 2.52. The van der Waals surface area contributed by atoms with Crippen molar-refractivity contribution in [2.45, 2.75) is 33.1 Å². The van der Waals surface area contributed by atoms with Gasteiger partial charge < -0.3 is 10.2 Å². The van der Waals surface area contributed by atoms with E-state index in [2.05, 4.69) is 45.0 Å². The van der Waals surface area contributed by atoms with Gasteiger partial charge in [0, 0.05) is 0 Å². The molecular weight excluding hydrogens is 272 g/mol. The summed E-state index contributed by atoms with van der Waals surface area (Å²) in [6.07, 6.45) is 1.79. The number of phenols is 1. The lowest BCUT2D eigenvalue weighted by molar-refractivity contribution is 0.343. The largest absolute Gasteiger partial charge is 0.508 e. The number of rotatable bonds is 3. The van der Waals surface area contributed by atoms with Crippen molar-refractivity contribution < 1.29 is 10.2 Å². The molecule has 0 saturated heterocycles. The van der Waals surface area contributed by atoms with E-state index in [9.17, 15) is 10.2 Å². The molecule has 116 valence electrons. The molecule has 2 N–H and O–H groups in total. The van der Waals surface area contributed by atoms with Gasteiger partial charge in [0.1, 0.15) is 5.75 Å². The first-order chi connectivity index (χ1) is 10.3. The van der Waals surface area contributed by atoms with E-state index in [1.54, 1.807) is 18.2 Å². The van der Waals surface area contributed by atoms with Crippen LogP contribution in [0.4, 0.5) is 0 Å². The third kappa shape index (κ3) is 3.58. The van der Waals surface area contributed by atoms with Gasteiger partial charge in [0.15, 0.2) is 0 Å². The zero-order valence-electron chi connectivity index (χ0n) is 13.7. The minimum absolute atomic E-state index is 0.0363. The molecule has 0 saturated carbocycles. The van der Waals surface area contributed by atoms with Gasteiger partial charge in [-0.25, -0.2) is 0 Å². The van der Waals surface area contributed by atoms with Crippen LogP contribution in [0.25, 0.3) is 5.57 Å². The fraction of sp³-hybridized carbons (Fsp3) is 0.300. The average molecular weight is 296 g/mol. The van der Waals surface area contributed by atoms with Crippen molar-refractivity contribution in [1.82, 2.24) is 0 Å². The second-order valence-electron chi connectivity index (χ2n) is 6.63. The van der Waals surface area contributed by atoms with Crippen molar-refractivity contribution >= 4 is 5.57 Å². The number of aromatic hydroxyl groups is 1. The smallest absolute Gasteiger partial charge is 0.116 e. The molecule has 2 nitrogen and oxygen atoms in total. The van der Waals surface area contributed by atoms with Gasteiger partial charge in [-0.1, -0.05) is 57.2 Å². The quantitative estimate of drug-likeness (QED) is 0.880. The first-order valence-electron chi connectivity index (χ1n) is 7.55. The summed E-state index contributed by atoms with van der Waals surface area (Å²) in [5, 5.41) is 19.1. The Bertz CT molecular complexity index is 674. The van der Waals surface area contributed by atoms with E-state index >= 15 is 0 Å². The zero-order valence-corrected chi connectivity index (χ0v) is 13.7. The Morgan fingerprint density at radius 1 is 1.05 bits per heavy atom. The highest BCUT2D eigenvalue weighted by Crippen LogP contribution is 2.30. The molecular formula is C20H24O2. The van der Waals surface area contributed by atoms with Crippen LogP contribution in [0.3, 0.4) is 0 Å². The van der Waals surface area contributed by atoms with E-state index in [-0.39, 0.29) is 17.8 Å². The molecule has 2 aromatic rings. The number of aliphatic hydroxyl groups excluding tert-OH is 1. The Balaban J connectivity index is 2.49. The fourth-order valence-corrected chi connectivity index (χ4v) is 2.52. The Morgan fingerprint density at radius 2 is 1.68 bits per heavy atom. The number of phenolic OH excluding ortho intramolecular Hbond substituents is 1. The highest BCUT2D eigenvalue weighted by atomic mass is 16.3. The normalized spacial score (nSPS) is 12.5. The summed E-state index contributed by atoms with van der Waals surface area (Å²) in [5.74, 6) is 0.232. The molecule has 22 heavy (non-hydrogen) atoms. The Morgan fingerprint density at radius 3 is 2.23 bits per heavy atom. The third-order valence-corrected chi connectivity index (χ3v) is 3.87. The molecule has 0 unspecified atom stereocenters. The summed E-state index contributed by atoms with van der Waals surface area (Å²) in [5.41, 5.74) is 5.37. The van der Waals surface area contributed by atoms with Crippen LogP contribution in [0, 0.1) is 6.92 Å². The second-order valence-corrected chi connectivity index (χ2v) is 6.63. The molecule has 0 aliphatic heterocycles. The summed E-state index contributed by atoms with van der Waals surface area (Å²) in [7, 11) is 0. The molecule has 0 fully saturated rings. The average Bonchev–Trinajstić information content (AvgIpc) is 2.47. The van der Waals surface area contributed by atoms with Crippen LogP contribution >= 0.6 is 0 Å². The van der Waals surface area contributed by atoms with Crippen molar-refractivity contribution in [3.8, 4) is 5.75 Å². The van der Waals surface area contributed by atoms with Gasteiger partial charge in [-0.3, -0.25) is 0 Å². The van der Waals surface area contributed by atoms with Crippen molar-refractivity contribution in [1.29, 1.82) is 0 Å². The van der Waals surface area contributed by atoms with Gasteiger partial charge in [0.2, 0.25) is 0 Å². The first kappa shape index (κ1) is 16.3. The Labute approximate surface area is 132 Å². The minimum atomic E-state index is -0.0363. The van der Waals surface area contributed by atoms with Gasteiger partial charge >= 0.3 is 0 Å². The molecule has 0 amide bonds. The summed E-state index contributed by atoms with van der Waals surface area (Å²) < 4.78 is 0. The minimum Gasteiger partial charge on any atom is -0.508 e. The number of aliphatic hydroxyl groups is 1. The third-order valence-electron chi connectivity index (χ3n) is 3.87. The van der Waals surface area contributed by atoms with Gasteiger partial charge in [-0.05, 0) is 52.3 Å². The maximum Gasteiger partial charge on any atom is 0.116 e. The van der Waals surface area contributed by atoms with E-state index in [1.807, 2.05) is 13.0 Å². The van der Waals surface area contributed by atoms with Crippen molar-refractivity contribution in [2.24, 2.45) is 0 Å². The first-order valence-corrected chi connectivity index (χ1v) is 7.55. The summed E-state index contributed by atoms with van der Waals surface area (Å²) in [4.78, 5) is 0. The zero-order chi connectivity index (χ0) is 16.3. The van der Waals surface area contributed by atoms with E-state index in [0.717, 1.165) is 22.3 Å². The van der Waals surface area contributed by atoms with E-state index in [1.165, 1.54) is 5.56 Å². The van der Waals surface area contributed by atoms with Crippen LogP contribution in [0.15, 0.2) is 48.5 Å². The molecule has 0 spiro atoms. The molecule has 0 bridgehead atoms. The number of aryl methyl sites for hydroxylation is 1. The summed E-state index contributed by atoms with van der Waals surface area (Å²) in [6, 6.07) is 13.7. The standard InChI is InChI=1S/C20H24O2/c1-14-5-10-17(22)13-19(14)18(11-12-21)15-6-8-16(9-7-15)20(2,3)4/h5-11,13,21-22H,12H2,1-4H3/b18-11-. The van der Waals surface area contributed by atoms with Crippen molar-refractivity contribution in [3.63, 3.8) is 0 Å². The maximum atomic E-state index is 9.76. The van der Waals surface area contributed by atoms with Crippen molar-refractivity contribution in [2.75, 3.05) is 6.61 Å². The Hall–Kier alpha value is -2.06. The molecule has 0 aliphatic carbocycles. The molecule has 0 aliphatic rings. The predicted octanol–water partition coefficient (Wildman–Crippen LogP) is 4.42. The van der Waals surface area contributed by atoms with Crippen molar-refractivity contribution in [3.05, 3.63) is 70.8 Å². The lowest BCUT2D eigenvalue weighted by Gasteiger charge is -2.20. The van der Waals surface area contributed by atoms with Gasteiger partial charge in [0.05, 0.1) is 6.61 Å². The predicted molar refractivity (Wildman–Crippen MR) is 92.2 cm³/mol. The molecule has 0 heterocycles. The Kier molecular flexibility index (Phi) is 4.72. The highest BCUT2D eigenvalue weighted by Gasteiger charge is 2.14. The number of hydrogen-bond acceptors (Lipinski definition) is 2. The van der Waals surface area contributed by atoms with Crippen LogP contribution in [-0.4, -0.2) is 16.8 Å². The van der Waals surface area contributed by atoms with Gasteiger partial charge in [0.25, 0.3) is 0 Å². The molecule has 2 heteroatoms. The molecule has 0 aromatic heterocycles. The van der Waals surface area contributed by atoms with Gasteiger partial charge in [-0.15, -0.1) is 0 Å². The van der Waals surface area contributed by atoms with E-state index in [4.69, 9.17) is 0 Å². The van der Waals surface area contributed by atoms with Crippen LogP contribution in [0.5, 0.6) is 5.75 Å². The monoisotopic (exact) mass is 296 g/mol. The molecule has 0 radical (unpaired) electrons. The van der Waals surface area contributed by atoms with Crippen LogP contribution in [-0.2, 0) is 5.41 Å².